The zero-order valence-corrected chi connectivity index (χ0v) is 7.56. The van der Waals surface area contributed by atoms with Crippen molar-refractivity contribution in [3.8, 4) is 0 Å². The van der Waals surface area contributed by atoms with E-state index in [9.17, 15) is 18.0 Å². The normalized spacial score (nSPS) is 13.9. The number of nitrogens with zero attached hydrogens (tertiary/aromatic N) is 4. The minimum absolute atomic E-state index is 0.419. The van der Waals surface area contributed by atoms with Gasteiger partial charge in [0, 0.05) is 0 Å². The Morgan fingerprint density at radius 1 is 1.60 bits per heavy atom. The average Bonchev–Trinajstić information content (AvgIpc) is 2.50. The molecule has 0 aromatic carbocycles. The molecule has 0 amide bonds. The van der Waals surface area contributed by atoms with Crippen LogP contribution in [0.15, 0.2) is 0 Å². The Balaban J connectivity index is 2.87. The van der Waals surface area contributed by atoms with Gasteiger partial charge >= 0.3 is 12.1 Å². The first-order valence-electron chi connectivity index (χ1n) is 3.88. The van der Waals surface area contributed by atoms with Crippen LogP contribution in [0.5, 0.6) is 0 Å². The standard InChI is InChI=1S/C6H7F3N4O2/c1-3(4(14)15)2-13-5(6(7,8)9)10-11-12-13/h3H,2H2,1H3,(H,14,15). The smallest absolute Gasteiger partial charge is 0.453 e. The largest absolute Gasteiger partial charge is 0.481 e. The van der Waals surface area contributed by atoms with Crippen LogP contribution in [0.1, 0.15) is 12.7 Å². The highest BCUT2D eigenvalue weighted by atomic mass is 19.4. The van der Waals surface area contributed by atoms with Crippen LogP contribution < -0.4 is 0 Å². The van der Waals surface area contributed by atoms with Crippen molar-refractivity contribution in [2.75, 3.05) is 0 Å². The molecule has 0 bridgehead atoms. The number of carbonyl (C=O) groups is 1. The van der Waals surface area contributed by atoms with Gasteiger partial charge < -0.3 is 5.11 Å². The zero-order valence-electron chi connectivity index (χ0n) is 7.56. The Morgan fingerprint density at radius 3 is 2.67 bits per heavy atom. The second kappa shape index (κ2) is 3.83. The number of hydrogen-bond acceptors (Lipinski definition) is 4. The van der Waals surface area contributed by atoms with Crippen molar-refractivity contribution in [1.82, 2.24) is 20.2 Å². The van der Waals surface area contributed by atoms with Gasteiger partial charge in [0.25, 0.3) is 5.82 Å². The molecule has 1 heterocycles. The first-order chi connectivity index (χ1) is 6.82. The molecule has 15 heavy (non-hydrogen) atoms. The molecule has 84 valence electrons. The lowest BCUT2D eigenvalue weighted by atomic mass is 10.2. The molecule has 1 aromatic rings. The SMILES string of the molecule is CC(Cn1nnnc1C(F)(F)F)C(=O)O. The fourth-order valence-electron chi connectivity index (χ4n) is 0.868. The summed E-state index contributed by atoms with van der Waals surface area (Å²) in [6, 6.07) is 0. The van der Waals surface area contributed by atoms with Crippen molar-refractivity contribution < 1.29 is 23.1 Å². The first kappa shape index (κ1) is 11.4. The van der Waals surface area contributed by atoms with Crippen molar-refractivity contribution in [2.24, 2.45) is 5.92 Å². The van der Waals surface area contributed by atoms with E-state index in [1.807, 2.05) is 0 Å². The van der Waals surface area contributed by atoms with Crippen LogP contribution in [0.4, 0.5) is 13.2 Å². The highest BCUT2D eigenvalue weighted by Gasteiger charge is 2.38. The van der Waals surface area contributed by atoms with Gasteiger partial charge in [-0.3, -0.25) is 4.79 Å². The molecule has 1 rings (SSSR count). The van der Waals surface area contributed by atoms with E-state index < -0.39 is 30.4 Å². The molecule has 1 N–H and O–H groups in total. The second-order valence-electron chi connectivity index (χ2n) is 2.92. The molecule has 0 fully saturated rings. The van der Waals surface area contributed by atoms with Gasteiger partial charge in [-0.2, -0.15) is 13.2 Å². The molecule has 6 nitrogen and oxygen atoms in total. The number of rotatable bonds is 3. The molecule has 1 aromatic heterocycles. The van der Waals surface area contributed by atoms with Crippen LogP contribution in [-0.2, 0) is 17.5 Å². The van der Waals surface area contributed by atoms with Crippen LogP contribution in [0.2, 0.25) is 0 Å². The number of aliphatic carboxylic acids is 1. The number of tetrazole rings is 1. The third-order valence-electron chi connectivity index (χ3n) is 1.65. The molecule has 0 aliphatic carbocycles. The summed E-state index contributed by atoms with van der Waals surface area (Å²) in [5.41, 5.74) is 0. The molecular formula is C6H7F3N4O2. The van der Waals surface area contributed by atoms with Crippen LogP contribution in [0, 0.1) is 5.92 Å². The summed E-state index contributed by atoms with van der Waals surface area (Å²) in [4.78, 5) is 10.4. The first-order valence-corrected chi connectivity index (χ1v) is 3.88. The third kappa shape index (κ3) is 2.64. The topological polar surface area (TPSA) is 80.9 Å². The summed E-state index contributed by atoms with van der Waals surface area (Å²) in [5.74, 6) is -3.50. The van der Waals surface area contributed by atoms with Gasteiger partial charge in [0.1, 0.15) is 0 Å². The third-order valence-corrected chi connectivity index (χ3v) is 1.65. The van der Waals surface area contributed by atoms with Crippen molar-refractivity contribution in [3.63, 3.8) is 0 Å². The monoisotopic (exact) mass is 224 g/mol. The predicted molar refractivity (Wildman–Crippen MR) is 39.6 cm³/mol. The summed E-state index contributed by atoms with van der Waals surface area (Å²) in [6.45, 7) is 0.849. The van der Waals surface area contributed by atoms with E-state index >= 15 is 0 Å². The lowest BCUT2D eigenvalue weighted by Crippen LogP contribution is -2.22. The minimum Gasteiger partial charge on any atom is -0.481 e. The molecule has 0 saturated carbocycles. The second-order valence-corrected chi connectivity index (χ2v) is 2.92. The van der Waals surface area contributed by atoms with Gasteiger partial charge in [0.2, 0.25) is 0 Å². The highest BCUT2D eigenvalue weighted by Crippen LogP contribution is 2.26. The quantitative estimate of drug-likeness (QED) is 0.804. The van der Waals surface area contributed by atoms with Gasteiger partial charge in [-0.05, 0) is 10.4 Å². The summed E-state index contributed by atoms with van der Waals surface area (Å²) in [5, 5.41) is 17.2. The Kier molecular flexibility index (Phi) is 2.91. The maximum Gasteiger partial charge on any atom is 0.453 e. The van der Waals surface area contributed by atoms with Crippen LogP contribution in [0.3, 0.4) is 0 Å². The van der Waals surface area contributed by atoms with Crippen molar-refractivity contribution in [2.45, 2.75) is 19.6 Å². The number of carboxylic acids is 1. The lowest BCUT2D eigenvalue weighted by molar-refractivity contribution is -0.150. The maximum absolute atomic E-state index is 12.2. The number of halogens is 3. The molecule has 1 unspecified atom stereocenters. The van der Waals surface area contributed by atoms with Crippen molar-refractivity contribution in [3.05, 3.63) is 5.82 Å². The molecule has 0 aliphatic rings. The highest BCUT2D eigenvalue weighted by molar-refractivity contribution is 5.69. The van der Waals surface area contributed by atoms with Crippen LogP contribution >= 0.6 is 0 Å². The zero-order chi connectivity index (χ0) is 11.6. The summed E-state index contributed by atoms with van der Waals surface area (Å²) < 4.78 is 37.1. The minimum atomic E-state index is -4.68. The fourth-order valence-corrected chi connectivity index (χ4v) is 0.868. The fraction of sp³-hybridized carbons (Fsp3) is 0.667. The molecule has 0 radical (unpaired) electrons. The van der Waals surface area contributed by atoms with E-state index in [0.29, 0.717) is 4.68 Å². The van der Waals surface area contributed by atoms with E-state index in [-0.39, 0.29) is 0 Å². The van der Waals surface area contributed by atoms with E-state index in [1.54, 1.807) is 0 Å². The lowest BCUT2D eigenvalue weighted by Gasteiger charge is -2.09. The average molecular weight is 224 g/mol. The number of carboxylic acid groups (broad SMARTS) is 1. The van der Waals surface area contributed by atoms with E-state index in [2.05, 4.69) is 15.5 Å². The van der Waals surface area contributed by atoms with Crippen molar-refractivity contribution >= 4 is 5.97 Å². The number of hydrogen-bond donors (Lipinski definition) is 1. The Morgan fingerprint density at radius 2 is 2.20 bits per heavy atom. The molecule has 0 saturated heterocycles. The van der Waals surface area contributed by atoms with E-state index in [1.165, 1.54) is 6.92 Å². The van der Waals surface area contributed by atoms with Crippen molar-refractivity contribution in [1.29, 1.82) is 0 Å². The van der Waals surface area contributed by atoms with Gasteiger partial charge in [-0.25, -0.2) is 4.68 Å². The van der Waals surface area contributed by atoms with E-state index in [4.69, 9.17) is 5.11 Å². The van der Waals surface area contributed by atoms with E-state index in [0.717, 1.165) is 0 Å². The Bertz CT molecular complexity index is 362. The number of aromatic nitrogens is 4. The van der Waals surface area contributed by atoms with Gasteiger partial charge in [0.05, 0.1) is 12.5 Å². The van der Waals surface area contributed by atoms with Gasteiger partial charge in [-0.1, -0.05) is 6.92 Å². The van der Waals surface area contributed by atoms with Crippen LogP contribution in [-0.4, -0.2) is 31.3 Å². The molecule has 0 spiro atoms. The molecular weight excluding hydrogens is 217 g/mol. The summed E-state index contributed by atoms with van der Waals surface area (Å²) in [6.07, 6.45) is -4.68. The van der Waals surface area contributed by atoms with Gasteiger partial charge in [-0.15, -0.1) is 5.10 Å². The Hall–Kier alpha value is -1.67. The molecule has 9 heteroatoms. The van der Waals surface area contributed by atoms with Crippen LogP contribution in [0.25, 0.3) is 0 Å². The summed E-state index contributed by atoms with van der Waals surface area (Å²) >= 11 is 0. The maximum atomic E-state index is 12.2. The predicted octanol–water partition coefficient (Wildman–Crippen LogP) is 0.413. The molecule has 1 atom stereocenters. The Labute approximate surface area is 81.7 Å². The number of alkyl halides is 3. The summed E-state index contributed by atoms with van der Waals surface area (Å²) in [7, 11) is 0. The molecule has 0 aliphatic heterocycles. The van der Waals surface area contributed by atoms with Gasteiger partial charge in [0.15, 0.2) is 0 Å².